The molecular formula is C10H12ClN3O2. The van der Waals surface area contributed by atoms with Crippen LogP contribution in [-0.4, -0.2) is 44.8 Å². The molecule has 16 heavy (non-hydrogen) atoms. The molecule has 1 aromatic heterocycles. The van der Waals surface area contributed by atoms with Crippen LogP contribution < -0.4 is 0 Å². The molecule has 0 aliphatic carbocycles. The average Bonchev–Trinajstić information content (AvgIpc) is 2.59. The van der Waals surface area contributed by atoms with Crippen LogP contribution in [0.2, 0.25) is 5.15 Å². The second-order valence-corrected chi connectivity index (χ2v) is 4.60. The van der Waals surface area contributed by atoms with Crippen LogP contribution >= 0.6 is 11.6 Å². The smallest absolute Gasteiger partial charge is 0.274 e. The van der Waals surface area contributed by atoms with E-state index in [1.54, 1.807) is 11.8 Å². The number of likely N-dealkylation sites (tertiary alicyclic amines) is 1. The van der Waals surface area contributed by atoms with Gasteiger partial charge < -0.3 is 10.0 Å². The second kappa shape index (κ2) is 3.99. The van der Waals surface area contributed by atoms with Crippen molar-refractivity contribution in [3.05, 3.63) is 23.0 Å². The van der Waals surface area contributed by atoms with E-state index in [2.05, 4.69) is 10.2 Å². The Labute approximate surface area is 98.0 Å². The summed E-state index contributed by atoms with van der Waals surface area (Å²) in [6.45, 7) is 2.58. The van der Waals surface area contributed by atoms with Gasteiger partial charge in [-0.3, -0.25) is 4.79 Å². The third-order valence-electron chi connectivity index (χ3n) is 2.59. The number of aliphatic hydroxyl groups is 1. The SMILES string of the molecule is CC1(O)CCN(C(=O)c2ccc(Cl)nn2)C1. The van der Waals surface area contributed by atoms with Gasteiger partial charge in [-0.25, -0.2) is 0 Å². The first-order valence-electron chi connectivity index (χ1n) is 4.99. The lowest BCUT2D eigenvalue weighted by Crippen LogP contribution is -2.34. The summed E-state index contributed by atoms with van der Waals surface area (Å²) in [6, 6.07) is 3.06. The van der Waals surface area contributed by atoms with E-state index >= 15 is 0 Å². The predicted molar refractivity (Wildman–Crippen MR) is 58.2 cm³/mol. The minimum atomic E-state index is -0.796. The number of aromatic nitrogens is 2. The van der Waals surface area contributed by atoms with E-state index in [-0.39, 0.29) is 16.8 Å². The maximum atomic E-state index is 11.9. The molecule has 1 aliphatic rings. The molecule has 0 aromatic carbocycles. The van der Waals surface area contributed by atoms with E-state index in [9.17, 15) is 9.90 Å². The van der Waals surface area contributed by atoms with Crippen molar-refractivity contribution in [1.29, 1.82) is 0 Å². The number of β-amino-alcohol motifs (C(OH)–C–C–N with tert-alkyl or cyclic N) is 1. The molecule has 0 radical (unpaired) electrons. The molecule has 5 nitrogen and oxygen atoms in total. The zero-order chi connectivity index (χ0) is 11.8. The van der Waals surface area contributed by atoms with Crippen LogP contribution in [-0.2, 0) is 0 Å². The predicted octanol–water partition coefficient (Wildman–Crippen LogP) is 0.727. The van der Waals surface area contributed by atoms with Crippen LogP contribution in [0.25, 0.3) is 0 Å². The lowest BCUT2D eigenvalue weighted by Gasteiger charge is -2.18. The van der Waals surface area contributed by atoms with Crippen LogP contribution in [0.1, 0.15) is 23.8 Å². The molecule has 1 amide bonds. The van der Waals surface area contributed by atoms with Crippen LogP contribution in [0.4, 0.5) is 0 Å². The Morgan fingerprint density at radius 3 is 2.81 bits per heavy atom. The Bertz CT molecular complexity index is 405. The van der Waals surface area contributed by atoms with Gasteiger partial charge in [-0.05, 0) is 25.5 Å². The molecule has 1 N–H and O–H groups in total. The van der Waals surface area contributed by atoms with Gasteiger partial charge in [-0.1, -0.05) is 11.6 Å². The van der Waals surface area contributed by atoms with Gasteiger partial charge in [0.25, 0.3) is 5.91 Å². The van der Waals surface area contributed by atoms with Crippen molar-refractivity contribution in [2.75, 3.05) is 13.1 Å². The van der Waals surface area contributed by atoms with Gasteiger partial charge in [0.15, 0.2) is 10.8 Å². The molecule has 1 fully saturated rings. The van der Waals surface area contributed by atoms with Gasteiger partial charge in [0.05, 0.1) is 5.60 Å². The van der Waals surface area contributed by atoms with Gasteiger partial charge in [0, 0.05) is 13.1 Å². The van der Waals surface area contributed by atoms with Crippen molar-refractivity contribution in [3.63, 3.8) is 0 Å². The maximum Gasteiger partial charge on any atom is 0.274 e. The van der Waals surface area contributed by atoms with Gasteiger partial charge in [-0.2, -0.15) is 0 Å². The minimum Gasteiger partial charge on any atom is -0.388 e. The first-order chi connectivity index (χ1) is 7.48. The highest BCUT2D eigenvalue weighted by molar-refractivity contribution is 6.29. The Hall–Kier alpha value is -1.20. The quantitative estimate of drug-likeness (QED) is 0.787. The first-order valence-corrected chi connectivity index (χ1v) is 5.37. The van der Waals surface area contributed by atoms with Crippen molar-refractivity contribution in [2.24, 2.45) is 0 Å². The van der Waals surface area contributed by atoms with Crippen molar-refractivity contribution >= 4 is 17.5 Å². The summed E-state index contributed by atoms with van der Waals surface area (Å²) < 4.78 is 0. The number of carbonyl (C=O) groups excluding carboxylic acids is 1. The topological polar surface area (TPSA) is 66.3 Å². The normalized spacial score (nSPS) is 24.8. The van der Waals surface area contributed by atoms with Crippen molar-refractivity contribution < 1.29 is 9.90 Å². The number of amides is 1. The Kier molecular flexibility index (Phi) is 2.82. The molecule has 2 heterocycles. The summed E-state index contributed by atoms with van der Waals surface area (Å²) in [7, 11) is 0. The lowest BCUT2D eigenvalue weighted by atomic mass is 10.1. The van der Waals surface area contributed by atoms with E-state index in [1.165, 1.54) is 12.1 Å². The molecular weight excluding hydrogens is 230 g/mol. The van der Waals surface area contributed by atoms with Crippen LogP contribution in [0.3, 0.4) is 0 Å². The van der Waals surface area contributed by atoms with Crippen LogP contribution in [0.15, 0.2) is 12.1 Å². The summed E-state index contributed by atoms with van der Waals surface area (Å²) >= 11 is 5.58. The largest absolute Gasteiger partial charge is 0.388 e. The highest BCUT2D eigenvalue weighted by Crippen LogP contribution is 2.21. The lowest BCUT2D eigenvalue weighted by molar-refractivity contribution is 0.0568. The number of carbonyl (C=O) groups is 1. The fourth-order valence-corrected chi connectivity index (χ4v) is 1.81. The summed E-state index contributed by atoms with van der Waals surface area (Å²) in [5, 5.41) is 17.3. The van der Waals surface area contributed by atoms with Gasteiger partial charge in [0.2, 0.25) is 0 Å². The highest BCUT2D eigenvalue weighted by Gasteiger charge is 2.34. The van der Waals surface area contributed by atoms with Crippen molar-refractivity contribution in [1.82, 2.24) is 15.1 Å². The zero-order valence-corrected chi connectivity index (χ0v) is 9.61. The number of nitrogens with zero attached hydrogens (tertiary/aromatic N) is 3. The molecule has 6 heteroatoms. The first kappa shape index (κ1) is 11.3. The molecule has 1 atom stereocenters. The van der Waals surface area contributed by atoms with Crippen LogP contribution in [0, 0.1) is 0 Å². The highest BCUT2D eigenvalue weighted by atomic mass is 35.5. The van der Waals surface area contributed by atoms with Crippen molar-refractivity contribution in [2.45, 2.75) is 18.9 Å². The Balaban J connectivity index is 2.12. The summed E-state index contributed by atoms with van der Waals surface area (Å²) in [6.07, 6.45) is 0.583. The maximum absolute atomic E-state index is 11.9. The molecule has 86 valence electrons. The number of rotatable bonds is 1. The minimum absolute atomic E-state index is 0.220. The fourth-order valence-electron chi connectivity index (χ4n) is 1.71. The molecule has 0 spiro atoms. The molecule has 2 rings (SSSR count). The van der Waals surface area contributed by atoms with Gasteiger partial charge in [-0.15, -0.1) is 10.2 Å². The van der Waals surface area contributed by atoms with E-state index in [4.69, 9.17) is 11.6 Å². The monoisotopic (exact) mass is 241 g/mol. The summed E-state index contributed by atoms with van der Waals surface area (Å²) in [4.78, 5) is 13.5. The van der Waals surface area contributed by atoms with Crippen LogP contribution in [0.5, 0.6) is 0 Å². The van der Waals surface area contributed by atoms with Gasteiger partial charge >= 0.3 is 0 Å². The third-order valence-corrected chi connectivity index (χ3v) is 2.79. The molecule has 1 saturated heterocycles. The number of halogens is 1. The standard InChI is InChI=1S/C10H12ClN3O2/c1-10(16)4-5-14(6-10)9(15)7-2-3-8(11)13-12-7/h2-3,16H,4-6H2,1H3. The van der Waals surface area contributed by atoms with E-state index in [0.717, 1.165) is 0 Å². The summed E-state index contributed by atoms with van der Waals surface area (Å²) in [5.74, 6) is -0.220. The number of hydrogen-bond acceptors (Lipinski definition) is 4. The molecule has 1 unspecified atom stereocenters. The second-order valence-electron chi connectivity index (χ2n) is 4.21. The summed E-state index contributed by atoms with van der Waals surface area (Å²) in [5.41, 5.74) is -0.544. The van der Waals surface area contributed by atoms with E-state index in [1.807, 2.05) is 0 Å². The van der Waals surface area contributed by atoms with E-state index < -0.39 is 5.60 Å². The molecule has 0 saturated carbocycles. The average molecular weight is 242 g/mol. The fraction of sp³-hybridized carbons (Fsp3) is 0.500. The zero-order valence-electron chi connectivity index (χ0n) is 8.85. The van der Waals surface area contributed by atoms with E-state index in [0.29, 0.717) is 19.5 Å². The third kappa shape index (κ3) is 2.31. The Morgan fingerprint density at radius 1 is 1.56 bits per heavy atom. The molecule has 1 aliphatic heterocycles. The van der Waals surface area contributed by atoms with Gasteiger partial charge in [0.1, 0.15) is 0 Å². The molecule has 1 aromatic rings. The Morgan fingerprint density at radius 2 is 2.31 bits per heavy atom. The molecule has 0 bridgehead atoms. The number of hydrogen-bond donors (Lipinski definition) is 1. The van der Waals surface area contributed by atoms with Crippen molar-refractivity contribution in [3.8, 4) is 0 Å².